The Balaban J connectivity index is 1.50. The fraction of sp³-hybridized carbons (Fsp3) is 0.429. The number of carbonyl (C=O) groups excluding carboxylic acids is 3. The first-order chi connectivity index (χ1) is 13.8. The number of aryl methyl sites for hydroxylation is 2. The summed E-state index contributed by atoms with van der Waals surface area (Å²) in [6, 6.07) is 6.16. The Morgan fingerprint density at radius 2 is 2.07 bits per heavy atom. The molecule has 2 aromatic rings. The zero-order valence-electron chi connectivity index (χ0n) is 16.8. The van der Waals surface area contributed by atoms with E-state index in [0.717, 1.165) is 52.9 Å². The van der Waals surface area contributed by atoms with E-state index in [2.05, 4.69) is 42.5 Å². The van der Waals surface area contributed by atoms with Crippen molar-refractivity contribution in [3.8, 4) is 5.69 Å². The van der Waals surface area contributed by atoms with Crippen LogP contribution < -0.4 is 5.32 Å². The van der Waals surface area contributed by atoms with Gasteiger partial charge in [0.15, 0.2) is 0 Å². The third-order valence-electron chi connectivity index (χ3n) is 5.75. The van der Waals surface area contributed by atoms with Crippen molar-refractivity contribution in [1.29, 1.82) is 0 Å². The van der Waals surface area contributed by atoms with Crippen molar-refractivity contribution in [2.75, 3.05) is 7.05 Å². The number of carbonyl (C=O) groups is 3. The van der Waals surface area contributed by atoms with Crippen LogP contribution in [0.2, 0.25) is 0 Å². The van der Waals surface area contributed by atoms with Crippen LogP contribution in [-0.2, 0) is 16.0 Å². The monoisotopic (exact) mass is 412 g/mol. The van der Waals surface area contributed by atoms with Crippen molar-refractivity contribution in [2.24, 2.45) is 0 Å². The lowest BCUT2D eigenvalue weighted by Crippen LogP contribution is -2.35. The average molecular weight is 413 g/mol. The summed E-state index contributed by atoms with van der Waals surface area (Å²) in [6.45, 7) is 4.17. The standard InChI is InChI=1S/C21H24N4O3S/c1-12-7-8-14(9-13(12)2)25-17-6-4-5-16(15(17)11-22-25)23-19(26)10-18-20(27)24(3)21(28)29-18/h7-9,11,16,18H,4-6,10H2,1-3H3,(H,23,26). The minimum Gasteiger partial charge on any atom is -0.349 e. The van der Waals surface area contributed by atoms with E-state index in [4.69, 9.17) is 0 Å². The van der Waals surface area contributed by atoms with Gasteiger partial charge in [0.2, 0.25) is 11.8 Å². The second kappa shape index (κ2) is 7.67. The van der Waals surface area contributed by atoms with Crippen LogP contribution in [0.5, 0.6) is 0 Å². The Morgan fingerprint density at radius 3 is 2.76 bits per heavy atom. The fourth-order valence-electron chi connectivity index (χ4n) is 3.89. The van der Waals surface area contributed by atoms with E-state index in [-0.39, 0.29) is 29.5 Å². The molecule has 3 amide bonds. The van der Waals surface area contributed by atoms with Gasteiger partial charge in [0.25, 0.3) is 5.24 Å². The van der Waals surface area contributed by atoms with Gasteiger partial charge in [-0.1, -0.05) is 17.8 Å². The van der Waals surface area contributed by atoms with E-state index in [1.165, 1.54) is 18.2 Å². The second-order valence-corrected chi connectivity index (χ2v) is 8.87. The van der Waals surface area contributed by atoms with E-state index in [1.54, 1.807) is 0 Å². The highest BCUT2D eigenvalue weighted by Gasteiger charge is 2.38. The van der Waals surface area contributed by atoms with Crippen LogP contribution in [0.25, 0.3) is 5.69 Å². The molecule has 0 saturated carbocycles. The topological polar surface area (TPSA) is 84.3 Å². The average Bonchev–Trinajstić information content (AvgIpc) is 3.22. The van der Waals surface area contributed by atoms with E-state index in [9.17, 15) is 14.4 Å². The number of nitrogens with one attached hydrogen (secondary N) is 1. The molecular formula is C21H24N4O3S. The lowest BCUT2D eigenvalue weighted by atomic mass is 9.92. The lowest BCUT2D eigenvalue weighted by molar-refractivity contribution is -0.129. The summed E-state index contributed by atoms with van der Waals surface area (Å²) in [7, 11) is 1.45. The summed E-state index contributed by atoms with van der Waals surface area (Å²) in [5, 5.41) is 6.70. The minimum absolute atomic E-state index is 0.0106. The summed E-state index contributed by atoms with van der Waals surface area (Å²) < 4.78 is 1.96. The molecule has 1 aromatic heterocycles. The Kier molecular flexibility index (Phi) is 5.21. The maximum atomic E-state index is 12.6. The van der Waals surface area contributed by atoms with Gasteiger partial charge >= 0.3 is 0 Å². The Labute approximate surface area is 173 Å². The molecular weight excluding hydrogens is 388 g/mol. The molecule has 1 fully saturated rings. The molecule has 1 N–H and O–H groups in total. The van der Waals surface area contributed by atoms with Crippen LogP contribution in [0.1, 0.15) is 47.7 Å². The first-order valence-corrected chi connectivity index (χ1v) is 10.6. The second-order valence-electron chi connectivity index (χ2n) is 7.71. The first-order valence-electron chi connectivity index (χ1n) is 9.77. The molecule has 7 nitrogen and oxygen atoms in total. The highest BCUT2D eigenvalue weighted by Crippen LogP contribution is 2.32. The Morgan fingerprint density at radius 1 is 1.28 bits per heavy atom. The molecule has 0 spiro atoms. The van der Waals surface area contributed by atoms with Crippen molar-refractivity contribution in [2.45, 2.75) is 50.8 Å². The molecule has 1 aromatic carbocycles. The molecule has 4 rings (SSSR count). The van der Waals surface area contributed by atoms with Gasteiger partial charge in [0.05, 0.1) is 17.9 Å². The molecule has 1 aliphatic carbocycles. The van der Waals surface area contributed by atoms with E-state index in [0.29, 0.717) is 0 Å². The molecule has 1 aliphatic heterocycles. The van der Waals surface area contributed by atoms with Crippen LogP contribution in [0, 0.1) is 13.8 Å². The maximum absolute atomic E-state index is 12.6. The predicted octanol–water partition coefficient (Wildman–Crippen LogP) is 3.07. The van der Waals surface area contributed by atoms with Gasteiger partial charge in [-0.2, -0.15) is 5.10 Å². The summed E-state index contributed by atoms with van der Waals surface area (Å²) in [6.07, 6.45) is 4.54. The van der Waals surface area contributed by atoms with Crippen LogP contribution in [0.15, 0.2) is 24.4 Å². The highest BCUT2D eigenvalue weighted by atomic mass is 32.2. The zero-order chi connectivity index (χ0) is 20.7. The summed E-state index contributed by atoms with van der Waals surface area (Å²) in [5.41, 5.74) is 5.62. The van der Waals surface area contributed by atoms with Gasteiger partial charge in [-0.3, -0.25) is 19.3 Å². The highest BCUT2D eigenvalue weighted by molar-refractivity contribution is 8.15. The van der Waals surface area contributed by atoms with E-state index < -0.39 is 5.25 Å². The fourth-order valence-corrected chi connectivity index (χ4v) is 4.88. The van der Waals surface area contributed by atoms with Crippen LogP contribution in [0.3, 0.4) is 0 Å². The number of benzene rings is 1. The number of thioether (sulfide) groups is 1. The molecule has 1 saturated heterocycles. The van der Waals surface area contributed by atoms with Gasteiger partial charge < -0.3 is 5.32 Å². The van der Waals surface area contributed by atoms with Crippen molar-refractivity contribution in [3.05, 3.63) is 46.8 Å². The number of nitrogens with zero attached hydrogens (tertiary/aromatic N) is 3. The smallest absolute Gasteiger partial charge is 0.288 e. The normalized spacial score (nSPS) is 21.4. The van der Waals surface area contributed by atoms with Crippen LogP contribution in [0.4, 0.5) is 4.79 Å². The quantitative estimate of drug-likeness (QED) is 0.834. The van der Waals surface area contributed by atoms with Crippen molar-refractivity contribution < 1.29 is 14.4 Å². The molecule has 2 heterocycles. The zero-order valence-corrected chi connectivity index (χ0v) is 17.6. The number of hydrogen-bond acceptors (Lipinski definition) is 5. The number of aromatic nitrogens is 2. The first kappa shape index (κ1) is 19.7. The van der Waals surface area contributed by atoms with Gasteiger partial charge in [0.1, 0.15) is 5.25 Å². The molecule has 0 bridgehead atoms. The van der Waals surface area contributed by atoms with Crippen LogP contribution >= 0.6 is 11.8 Å². The van der Waals surface area contributed by atoms with Crippen molar-refractivity contribution >= 4 is 28.8 Å². The molecule has 2 atom stereocenters. The predicted molar refractivity (Wildman–Crippen MR) is 111 cm³/mol. The van der Waals surface area contributed by atoms with Gasteiger partial charge in [-0.25, -0.2) is 4.68 Å². The van der Waals surface area contributed by atoms with Gasteiger partial charge in [-0.05, 0) is 56.4 Å². The minimum atomic E-state index is -0.631. The molecule has 2 unspecified atom stereocenters. The SMILES string of the molecule is Cc1ccc(-n2ncc3c2CCCC3NC(=O)CC2SC(=O)N(C)C2=O)cc1C. The van der Waals surface area contributed by atoms with E-state index >= 15 is 0 Å². The van der Waals surface area contributed by atoms with Crippen molar-refractivity contribution in [3.63, 3.8) is 0 Å². The lowest BCUT2D eigenvalue weighted by Gasteiger charge is -2.24. The Bertz CT molecular complexity index is 1000. The number of hydrogen-bond donors (Lipinski definition) is 1. The van der Waals surface area contributed by atoms with Crippen molar-refractivity contribution in [1.82, 2.24) is 20.0 Å². The van der Waals surface area contributed by atoms with E-state index in [1.807, 2.05) is 10.9 Å². The molecule has 29 heavy (non-hydrogen) atoms. The van der Waals surface area contributed by atoms with Gasteiger partial charge in [0, 0.05) is 24.7 Å². The summed E-state index contributed by atoms with van der Waals surface area (Å²) in [4.78, 5) is 37.3. The number of rotatable bonds is 4. The largest absolute Gasteiger partial charge is 0.349 e. The molecule has 2 aliphatic rings. The summed E-state index contributed by atoms with van der Waals surface area (Å²) in [5.74, 6) is -0.516. The molecule has 152 valence electrons. The summed E-state index contributed by atoms with van der Waals surface area (Å²) >= 11 is 0.922. The molecule has 8 heteroatoms. The number of amides is 3. The number of fused-ring (bicyclic) bond motifs is 1. The number of imide groups is 1. The Hall–Kier alpha value is -2.61. The third-order valence-corrected chi connectivity index (χ3v) is 6.88. The third kappa shape index (κ3) is 3.69. The maximum Gasteiger partial charge on any atom is 0.288 e. The van der Waals surface area contributed by atoms with Crippen LogP contribution in [-0.4, -0.2) is 44.0 Å². The molecule has 0 radical (unpaired) electrons. The van der Waals surface area contributed by atoms with Gasteiger partial charge in [-0.15, -0.1) is 0 Å².